The summed E-state index contributed by atoms with van der Waals surface area (Å²) < 4.78 is 19.7. The van der Waals surface area contributed by atoms with Crippen molar-refractivity contribution in [2.45, 2.75) is 26.5 Å². The summed E-state index contributed by atoms with van der Waals surface area (Å²) in [6, 6.07) is 10.6. The van der Waals surface area contributed by atoms with Crippen LogP contribution in [0.1, 0.15) is 29.8 Å². The van der Waals surface area contributed by atoms with E-state index in [1.165, 1.54) is 24.3 Å². The van der Waals surface area contributed by atoms with Gasteiger partial charge in [-0.05, 0) is 32.0 Å². The summed E-state index contributed by atoms with van der Waals surface area (Å²) in [5.74, 6) is -0.218. The van der Waals surface area contributed by atoms with Crippen LogP contribution in [0.15, 0.2) is 42.5 Å². The van der Waals surface area contributed by atoms with E-state index in [1.54, 1.807) is 23.1 Å². The summed E-state index contributed by atoms with van der Waals surface area (Å²) >= 11 is 0. The number of carbonyl (C=O) groups excluding carboxylic acids is 1. The molecule has 0 atom stereocenters. The lowest BCUT2D eigenvalue weighted by Crippen LogP contribution is -2.48. The molecule has 0 unspecified atom stereocenters. The highest BCUT2D eigenvalue weighted by molar-refractivity contribution is 5.94. The van der Waals surface area contributed by atoms with Crippen LogP contribution in [0.25, 0.3) is 0 Å². The maximum Gasteiger partial charge on any atom is 0.270 e. The molecular weight excluding hydrogens is 377 g/mol. The van der Waals surface area contributed by atoms with E-state index in [0.29, 0.717) is 38.5 Å². The van der Waals surface area contributed by atoms with Crippen molar-refractivity contribution in [3.05, 3.63) is 69.5 Å². The van der Waals surface area contributed by atoms with E-state index >= 15 is 0 Å². The molecule has 0 saturated carbocycles. The number of hydrogen-bond acceptors (Lipinski definition) is 5. The zero-order valence-electron chi connectivity index (χ0n) is 16.5. The predicted octanol–water partition coefficient (Wildman–Crippen LogP) is 3.48. The van der Waals surface area contributed by atoms with E-state index in [9.17, 15) is 19.3 Å². The van der Waals surface area contributed by atoms with E-state index < -0.39 is 10.7 Å². The minimum Gasteiger partial charge on any atom is -0.491 e. The first kappa shape index (κ1) is 20.7. The quantitative estimate of drug-likeness (QED) is 0.547. The molecule has 0 spiro atoms. The molecular formula is C21H24FN3O4. The number of nitro benzene ring substituents is 1. The van der Waals surface area contributed by atoms with Gasteiger partial charge in [-0.1, -0.05) is 12.1 Å². The summed E-state index contributed by atoms with van der Waals surface area (Å²) in [6.45, 7) is 6.38. The van der Waals surface area contributed by atoms with Crippen molar-refractivity contribution in [3.8, 4) is 5.75 Å². The van der Waals surface area contributed by atoms with Crippen molar-refractivity contribution in [1.82, 2.24) is 9.80 Å². The van der Waals surface area contributed by atoms with Gasteiger partial charge in [-0.3, -0.25) is 19.8 Å². The maximum absolute atomic E-state index is 13.9. The molecule has 0 bridgehead atoms. The average molecular weight is 401 g/mol. The Morgan fingerprint density at radius 1 is 1.17 bits per heavy atom. The van der Waals surface area contributed by atoms with Crippen molar-refractivity contribution in [2.24, 2.45) is 0 Å². The smallest absolute Gasteiger partial charge is 0.270 e. The Hall–Kier alpha value is -3.00. The number of non-ortho nitro benzene ring substituents is 1. The lowest BCUT2D eigenvalue weighted by atomic mass is 10.1. The minimum atomic E-state index is -0.521. The van der Waals surface area contributed by atoms with Gasteiger partial charge in [0, 0.05) is 50.4 Å². The number of benzene rings is 2. The van der Waals surface area contributed by atoms with Crippen molar-refractivity contribution < 1.29 is 18.8 Å². The molecule has 29 heavy (non-hydrogen) atoms. The molecule has 1 saturated heterocycles. The number of hydrogen-bond donors (Lipinski definition) is 0. The zero-order valence-corrected chi connectivity index (χ0v) is 16.5. The Balaban J connectivity index is 1.67. The molecule has 0 radical (unpaired) electrons. The van der Waals surface area contributed by atoms with E-state index in [4.69, 9.17) is 4.74 Å². The Labute approximate surface area is 168 Å². The highest BCUT2D eigenvalue weighted by atomic mass is 19.1. The first-order chi connectivity index (χ1) is 13.8. The third-order valence-electron chi connectivity index (χ3n) is 4.78. The van der Waals surface area contributed by atoms with Crippen molar-refractivity contribution in [3.63, 3.8) is 0 Å². The van der Waals surface area contributed by atoms with E-state index in [2.05, 4.69) is 4.90 Å². The molecule has 0 aliphatic carbocycles. The largest absolute Gasteiger partial charge is 0.491 e. The predicted molar refractivity (Wildman–Crippen MR) is 106 cm³/mol. The summed E-state index contributed by atoms with van der Waals surface area (Å²) in [7, 11) is 0. The number of ether oxygens (including phenoxy) is 1. The Morgan fingerprint density at radius 3 is 2.48 bits per heavy atom. The second-order valence-electron chi connectivity index (χ2n) is 7.26. The molecule has 2 aromatic carbocycles. The van der Waals surface area contributed by atoms with Gasteiger partial charge in [-0.25, -0.2) is 4.39 Å². The third-order valence-corrected chi connectivity index (χ3v) is 4.78. The Kier molecular flexibility index (Phi) is 6.43. The van der Waals surface area contributed by atoms with Gasteiger partial charge in [0.15, 0.2) is 0 Å². The molecule has 1 amide bonds. The van der Waals surface area contributed by atoms with E-state index in [1.807, 2.05) is 13.8 Å². The van der Waals surface area contributed by atoms with Crippen LogP contribution < -0.4 is 4.74 Å². The Bertz CT molecular complexity index is 895. The first-order valence-electron chi connectivity index (χ1n) is 9.55. The van der Waals surface area contributed by atoms with Crippen LogP contribution >= 0.6 is 0 Å². The second kappa shape index (κ2) is 9.00. The van der Waals surface area contributed by atoms with Gasteiger partial charge in [-0.15, -0.1) is 0 Å². The van der Waals surface area contributed by atoms with Crippen LogP contribution in [0.3, 0.4) is 0 Å². The van der Waals surface area contributed by atoms with Gasteiger partial charge in [0.2, 0.25) is 0 Å². The molecule has 1 fully saturated rings. The maximum atomic E-state index is 13.9. The molecule has 154 valence electrons. The fraction of sp³-hybridized carbons (Fsp3) is 0.381. The fourth-order valence-electron chi connectivity index (χ4n) is 3.33. The average Bonchev–Trinajstić information content (AvgIpc) is 2.69. The fourth-order valence-corrected chi connectivity index (χ4v) is 3.33. The third kappa shape index (κ3) is 5.08. The topological polar surface area (TPSA) is 75.9 Å². The van der Waals surface area contributed by atoms with E-state index in [-0.39, 0.29) is 23.3 Å². The number of halogens is 1. The van der Waals surface area contributed by atoms with Gasteiger partial charge >= 0.3 is 0 Å². The molecule has 7 nitrogen and oxygen atoms in total. The van der Waals surface area contributed by atoms with E-state index in [0.717, 1.165) is 5.56 Å². The molecule has 0 aromatic heterocycles. The van der Waals surface area contributed by atoms with Gasteiger partial charge in [0.1, 0.15) is 11.6 Å². The SMILES string of the molecule is CC(C)Oc1ccc([N+](=O)[O-])cc1CN1CCN(C(=O)c2ccccc2F)CC1. The van der Waals surface area contributed by atoms with Gasteiger partial charge in [-0.2, -0.15) is 0 Å². The van der Waals surface area contributed by atoms with Crippen LogP contribution in [-0.2, 0) is 6.54 Å². The summed E-state index contributed by atoms with van der Waals surface area (Å²) in [5, 5.41) is 11.1. The minimum absolute atomic E-state index is 0.0180. The molecule has 3 rings (SSSR count). The standard InChI is InChI=1S/C21H24FN3O4/c1-15(2)29-20-8-7-17(25(27)28)13-16(20)14-23-9-11-24(12-10-23)21(26)18-5-3-4-6-19(18)22/h3-8,13,15H,9-12,14H2,1-2H3. The highest BCUT2D eigenvalue weighted by Gasteiger charge is 2.25. The van der Waals surface area contributed by atoms with Crippen molar-refractivity contribution in [2.75, 3.05) is 26.2 Å². The van der Waals surface area contributed by atoms with Crippen molar-refractivity contribution >= 4 is 11.6 Å². The summed E-state index contributed by atoms with van der Waals surface area (Å²) in [6.07, 6.45) is -0.0505. The van der Waals surface area contributed by atoms with Crippen LogP contribution in [0.5, 0.6) is 5.75 Å². The monoisotopic (exact) mass is 401 g/mol. The summed E-state index contributed by atoms with van der Waals surface area (Å²) in [4.78, 5) is 27.0. The second-order valence-corrected chi connectivity index (χ2v) is 7.26. The number of nitrogens with zero attached hydrogens (tertiary/aromatic N) is 3. The first-order valence-corrected chi connectivity index (χ1v) is 9.55. The highest BCUT2D eigenvalue weighted by Crippen LogP contribution is 2.27. The van der Waals surface area contributed by atoms with Crippen LogP contribution in [-0.4, -0.2) is 52.9 Å². The molecule has 0 N–H and O–H groups in total. The number of carbonyl (C=O) groups is 1. The zero-order chi connectivity index (χ0) is 21.0. The van der Waals surface area contributed by atoms with Crippen LogP contribution in [0.2, 0.25) is 0 Å². The molecule has 2 aromatic rings. The molecule has 8 heteroatoms. The van der Waals surface area contributed by atoms with Gasteiger partial charge in [0.25, 0.3) is 11.6 Å². The van der Waals surface area contributed by atoms with Crippen LogP contribution in [0.4, 0.5) is 10.1 Å². The van der Waals surface area contributed by atoms with Gasteiger partial charge < -0.3 is 9.64 Å². The summed E-state index contributed by atoms with van der Waals surface area (Å²) in [5.41, 5.74) is 0.832. The molecule has 1 aliphatic heterocycles. The lowest BCUT2D eigenvalue weighted by molar-refractivity contribution is -0.385. The van der Waals surface area contributed by atoms with Gasteiger partial charge in [0.05, 0.1) is 16.6 Å². The molecule has 1 aliphatic rings. The Morgan fingerprint density at radius 2 is 1.86 bits per heavy atom. The van der Waals surface area contributed by atoms with Crippen LogP contribution in [0, 0.1) is 15.9 Å². The number of nitro groups is 1. The molecule has 1 heterocycles. The number of amides is 1. The number of piperazine rings is 1. The van der Waals surface area contributed by atoms with Crippen molar-refractivity contribution in [1.29, 1.82) is 0 Å². The number of rotatable bonds is 6. The normalized spacial score (nSPS) is 14.8. The lowest BCUT2D eigenvalue weighted by Gasteiger charge is -2.35.